The van der Waals surface area contributed by atoms with Gasteiger partial charge in [-0.05, 0) is 43.0 Å². The molecule has 2 heterocycles. The van der Waals surface area contributed by atoms with Gasteiger partial charge in [-0.15, -0.1) is 11.8 Å². The zero-order valence-corrected chi connectivity index (χ0v) is 16.1. The molecule has 1 fully saturated rings. The number of benzene rings is 1. The molecule has 1 aliphatic rings. The summed E-state index contributed by atoms with van der Waals surface area (Å²) in [5.41, 5.74) is 1.91. The number of thioether (sulfide) groups is 1. The molecule has 25 heavy (non-hydrogen) atoms. The summed E-state index contributed by atoms with van der Waals surface area (Å²) in [6, 6.07) is 13.9. The summed E-state index contributed by atoms with van der Waals surface area (Å²) in [5.74, 6) is 0.124. The minimum Gasteiger partial charge on any atom is -0.332 e. The molecule has 0 saturated carbocycles. The Hall–Kier alpha value is -1.81. The SMILES string of the molecule is CC(C)(C)Sc1ccc([C@@H]2CCCCN2C(=O)c2ccccc2)cn1. The average Bonchev–Trinajstić information content (AvgIpc) is 2.61. The summed E-state index contributed by atoms with van der Waals surface area (Å²) in [5, 5.41) is 1.04. The number of rotatable bonds is 3. The van der Waals surface area contributed by atoms with Crippen molar-refractivity contribution in [3.63, 3.8) is 0 Å². The van der Waals surface area contributed by atoms with Crippen molar-refractivity contribution < 1.29 is 4.79 Å². The van der Waals surface area contributed by atoms with Crippen molar-refractivity contribution in [1.29, 1.82) is 0 Å². The van der Waals surface area contributed by atoms with E-state index in [1.54, 1.807) is 11.8 Å². The van der Waals surface area contributed by atoms with E-state index in [0.29, 0.717) is 0 Å². The molecule has 1 aliphatic heterocycles. The summed E-state index contributed by atoms with van der Waals surface area (Å²) < 4.78 is 0.147. The Morgan fingerprint density at radius 2 is 1.88 bits per heavy atom. The lowest BCUT2D eigenvalue weighted by molar-refractivity contribution is 0.0611. The second-order valence-electron chi connectivity index (χ2n) is 7.52. The first-order valence-corrected chi connectivity index (χ1v) is 9.77. The van der Waals surface area contributed by atoms with E-state index in [1.165, 1.54) is 0 Å². The van der Waals surface area contributed by atoms with Gasteiger partial charge in [-0.25, -0.2) is 4.98 Å². The van der Waals surface area contributed by atoms with Crippen molar-refractivity contribution in [3.8, 4) is 0 Å². The molecule has 0 radical (unpaired) electrons. The Kier molecular flexibility index (Phi) is 5.48. The van der Waals surface area contributed by atoms with Crippen molar-refractivity contribution in [2.75, 3.05) is 6.54 Å². The van der Waals surface area contributed by atoms with Crippen molar-refractivity contribution in [2.45, 2.75) is 55.8 Å². The Labute approximate surface area is 154 Å². The highest BCUT2D eigenvalue weighted by molar-refractivity contribution is 8.00. The summed E-state index contributed by atoms with van der Waals surface area (Å²) in [4.78, 5) is 19.6. The monoisotopic (exact) mass is 354 g/mol. The van der Waals surface area contributed by atoms with Gasteiger partial charge in [0, 0.05) is 23.1 Å². The fraction of sp³-hybridized carbons (Fsp3) is 0.429. The highest BCUT2D eigenvalue weighted by atomic mass is 32.2. The van der Waals surface area contributed by atoms with E-state index in [1.807, 2.05) is 41.4 Å². The molecule has 3 rings (SSSR count). The van der Waals surface area contributed by atoms with Gasteiger partial charge in [0.1, 0.15) is 0 Å². The van der Waals surface area contributed by atoms with Crippen LogP contribution in [-0.4, -0.2) is 27.1 Å². The summed E-state index contributed by atoms with van der Waals surface area (Å²) in [6.45, 7) is 7.38. The van der Waals surface area contributed by atoms with Gasteiger partial charge in [0.25, 0.3) is 5.91 Å². The molecule has 0 unspecified atom stereocenters. The standard InChI is InChI=1S/C21H26N2OS/c1-21(2,3)25-19-13-12-17(15-22-19)18-11-7-8-14-23(18)20(24)16-9-5-4-6-10-16/h4-6,9-10,12-13,15,18H,7-8,11,14H2,1-3H3/t18-/m0/s1. The van der Waals surface area contributed by atoms with Gasteiger partial charge >= 0.3 is 0 Å². The van der Waals surface area contributed by atoms with Crippen molar-refractivity contribution >= 4 is 17.7 Å². The first-order valence-electron chi connectivity index (χ1n) is 8.95. The third-order valence-electron chi connectivity index (χ3n) is 4.34. The first-order chi connectivity index (χ1) is 11.9. The second kappa shape index (κ2) is 7.61. The maximum absolute atomic E-state index is 12.9. The molecule has 1 atom stereocenters. The highest BCUT2D eigenvalue weighted by Gasteiger charge is 2.29. The van der Waals surface area contributed by atoms with Crippen LogP contribution >= 0.6 is 11.8 Å². The van der Waals surface area contributed by atoms with Crippen LogP contribution in [0.25, 0.3) is 0 Å². The summed E-state index contributed by atoms with van der Waals surface area (Å²) in [7, 11) is 0. The van der Waals surface area contributed by atoms with Gasteiger partial charge in [-0.2, -0.15) is 0 Å². The van der Waals surface area contributed by atoms with E-state index in [4.69, 9.17) is 0 Å². The van der Waals surface area contributed by atoms with Crippen LogP contribution < -0.4 is 0 Å². The Bertz CT molecular complexity index is 707. The predicted molar refractivity (Wildman–Crippen MR) is 104 cm³/mol. The number of piperidine rings is 1. The number of carbonyl (C=O) groups is 1. The Morgan fingerprint density at radius 1 is 1.12 bits per heavy atom. The zero-order chi connectivity index (χ0) is 17.9. The molecular formula is C21H26N2OS. The third-order valence-corrected chi connectivity index (χ3v) is 5.40. The van der Waals surface area contributed by atoms with Gasteiger partial charge in [-0.3, -0.25) is 4.79 Å². The minimum atomic E-state index is 0.124. The summed E-state index contributed by atoms with van der Waals surface area (Å²) >= 11 is 1.77. The molecule has 132 valence electrons. The maximum atomic E-state index is 12.9. The largest absolute Gasteiger partial charge is 0.332 e. The van der Waals surface area contributed by atoms with Crippen LogP contribution in [0.3, 0.4) is 0 Å². The third kappa shape index (κ3) is 4.63. The van der Waals surface area contributed by atoms with Crippen molar-refractivity contribution in [2.24, 2.45) is 0 Å². The summed E-state index contributed by atoms with van der Waals surface area (Å²) in [6.07, 6.45) is 5.18. The predicted octanol–water partition coefficient (Wildman–Crippen LogP) is 5.34. The van der Waals surface area contributed by atoms with E-state index in [0.717, 1.165) is 42.0 Å². The van der Waals surface area contributed by atoms with Crippen LogP contribution in [0, 0.1) is 0 Å². The number of nitrogens with zero attached hydrogens (tertiary/aromatic N) is 2. The second-order valence-corrected chi connectivity index (χ2v) is 9.37. The average molecular weight is 355 g/mol. The number of aromatic nitrogens is 1. The molecule has 4 heteroatoms. The number of hydrogen-bond donors (Lipinski definition) is 0. The lowest BCUT2D eigenvalue weighted by Crippen LogP contribution is -2.38. The van der Waals surface area contributed by atoms with Crippen LogP contribution in [0.1, 0.15) is 62.0 Å². The number of pyridine rings is 1. The number of amides is 1. The van der Waals surface area contributed by atoms with E-state index in [2.05, 4.69) is 37.9 Å². The Balaban J connectivity index is 1.80. The fourth-order valence-electron chi connectivity index (χ4n) is 3.23. The van der Waals surface area contributed by atoms with E-state index >= 15 is 0 Å². The Morgan fingerprint density at radius 3 is 2.52 bits per heavy atom. The molecule has 1 saturated heterocycles. The zero-order valence-electron chi connectivity index (χ0n) is 15.2. The number of carbonyl (C=O) groups excluding carboxylic acids is 1. The van der Waals surface area contributed by atoms with Gasteiger partial charge in [0.15, 0.2) is 0 Å². The quantitative estimate of drug-likeness (QED) is 0.698. The van der Waals surface area contributed by atoms with Crippen molar-refractivity contribution in [3.05, 3.63) is 59.8 Å². The van der Waals surface area contributed by atoms with Gasteiger partial charge in [-0.1, -0.05) is 45.0 Å². The number of hydrogen-bond acceptors (Lipinski definition) is 3. The molecule has 1 aromatic carbocycles. The molecular weight excluding hydrogens is 328 g/mol. The fourth-order valence-corrected chi connectivity index (χ4v) is 4.10. The molecule has 1 amide bonds. The molecule has 1 aromatic heterocycles. The smallest absolute Gasteiger partial charge is 0.254 e. The van der Waals surface area contributed by atoms with E-state index in [9.17, 15) is 4.79 Å². The molecule has 0 aliphatic carbocycles. The van der Waals surface area contributed by atoms with E-state index in [-0.39, 0.29) is 16.7 Å². The maximum Gasteiger partial charge on any atom is 0.254 e. The topological polar surface area (TPSA) is 33.2 Å². The first kappa shape index (κ1) is 18.0. The molecule has 3 nitrogen and oxygen atoms in total. The molecule has 0 spiro atoms. The van der Waals surface area contributed by atoms with Gasteiger partial charge in [0.2, 0.25) is 0 Å². The number of likely N-dealkylation sites (tertiary alicyclic amines) is 1. The van der Waals surface area contributed by atoms with Crippen molar-refractivity contribution in [1.82, 2.24) is 9.88 Å². The van der Waals surface area contributed by atoms with Gasteiger partial charge in [0.05, 0.1) is 11.1 Å². The van der Waals surface area contributed by atoms with Gasteiger partial charge < -0.3 is 4.90 Å². The lowest BCUT2D eigenvalue weighted by atomic mass is 9.95. The highest BCUT2D eigenvalue weighted by Crippen LogP contribution is 2.34. The van der Waals surface area contributed by atoms with Crippen LogP contribution in [0.15, 0.2) is 53.7 Å². The van der Waals surface area contributed by atoms with Crippen LogP contribution in [0.5, 0.6) is 0 Å². The lowest BCUT2D eigenvalue weighted by Gasteiger charge is -2.36. The van der Waals surface area contributed by atoms with Crippen LogP contribution in [0.4, 0.5) is 0 Å². The normalized spacial score (nSPS) is 18.2. The van der Waals surface area contributed by atoms with Crippen LogP contribution in [0.2, 0.25) is 0 Å². The van der Waals surface area contributed by atoms with E-state index < -0.39 is 0 Å². The molecule has 0 N–H and O–H groups in total. The minimum absolute atomic E-state index is 0.124. The molecule has 2 aromatic rings. The van der Waals surface area contributed by atoms with Crippen LogP contribution in [-0.2, 0) is 0 Å². The molecule has 0 bridgehead atoms.